The summed E-state index contributed by atoms with van der Waals surface area (Å²) in [5.74, 6) is 5.20. The maximum Gasteiger partial charge on any atom is 0.407 e. The molecule has 0 bridgehead atoms. The van der Waals surface area contributed by atoms with Crippen LogP contribution in [0.3, 0.4) is 0 Å². The number of nitrogens with zero attached hydrogens (tertiary/aromatic N) is 2. The molecule has 1 fully saturated rings. The molecule has 1 saturated heterocycles. The van der Waals surface area contributed by atoms with Crippen molar-refractivity contribution in [1.29, 1.82) is 0 Å². The smallest absolute Gasteiger partial charge is 0.407 e. The molecule has 2 aromatic heterocycles. The van der Waals surface area contributed by atoms with Gasteiger partial charge >= 0.3 is 6.09 Å². The van der Waals surface area contributed by atoms with E-state index in [4.69, 9.17) is 4.74 Å². The van der Waals surface area contributed by atoms with Crippen LogP contribution >= 0.6 is 0 Å². The number of carbonyl (C=O) groups is 1. The Morgan fingerprint density at radius 2 is 2.24 bits per heavy atom. The zero-order valence-corrected chi connectivity index (χ0v) is 10.8. The van der Waals surface area contributed by atoms with Crippen LogP contribution in [-0.2, 0) is 4.74 Å². The second-order valence-electron chi connectivity index (χ2n) is 4.41. The molecule has 0 radical (unpaired) electrons. The van der Waals surface area contributed by atoms with Crippen LogP contribution in [-0.4, -0.2) is 22.7 Å². The third-order valence-electron chi connectivity index (χ3n) is 2.90. The van der Waals surface area contributed by atoms with Gasteiger partial charge in [-0.1, -0.05) is 5.92 Å². The van der Waals surface area contributed by atoms with E-state index in [1.807, 2.05) is 0 Å². The maximum atomic E-state index is 13.0. The molecule has 0 aromatic carbocycles. The number of ether oxygens (including phenoxy) is 1. The van der Waals surface area contributed by atoms with Gasteiger partial charge in [0.2, 0.25) is 0 Å². The monoisotopic (exact) mass is 283 g/mol. The minimum atomic E-state index is -0.436. The lowest BCUT2D eigenvalue weighted by Crippen LogP contribution is -2.18. The number of amides is 1. The Labute approximate surface area is 120 Å². The van der Waals surface area contributed by atoms with Crippen molar-refractivity contribution in [3.63, 3.8) is 0 Å². The molecule has 2 aromatic rings. The third-order valence-corrected chi connectivity index (χ3v) is 2.90. The number of nitrogens with one attached hydrogen (secondary N) is 1. The van der Waals surface area contributed by atoms with Crippen molar-refractivity contribution in [3.8, 4) is 11.8 Å². The van der Waals surface area contributed by atoms with Gasteiger partial charge in [-0.3, -0.25) is 4.98 Å². The van der Waals surface area contributed by atoms with Crippen molar-refractivity contribution in [3.05, 3.63) is 59.4 Å². The molecule has 21 heavy (non-hydrogen) atoms. The molecular weight excluding hydrogens is 273 g/mol. The van der Waals surface area contributed by atoms with E-state index in [-0.39, 0.29) is 12.6 Å². The molecule has 1 aliphatic heterocycles. The van der Waals surface area contributed by atoms with E-state index in [1.165, 1.54) is 12.3 Å². The van der Waals surface area contributed by atoms with Crippen molar-refractivity contribution in [2.75, 3.05) is 6.61 Å². The van der Waals surface area contributed by atoms with Crippen LogP contribution in [0, 0.1) is 17.7 Å². The first-order valence-corrected chi connectivity index (χ1v) is 6.22. The van der Waals surface area contributed by atoms with Crippen LogP contribution in [0.2, 0.25) is 0 Å². The molecule has 0 saturated carbocycles. The van der Waals surface area contributed by atoms with Crippen LogP contribution in [0.25, 0.3) is 0 Å². The summed E-state index contributed by atoms with van der Waals surface area (Å²) < 4.78 is 17.8. The van der Waals surface area contributed by atoms with Gasteiger partial charge < -0.3 is 10.1 Å². The summed E-state index contributed by atoms with van der Waals surface area (Å²) >= 11 is 0. The fraction of sp³-hybridized carbons (Fsp3) is 0.133. The molecule has 0 unspecified atom stereocenters. The Hall–Kier alpha value is -2.94. The second kappa shape index (κ2) is 5.59. The van der Waals surface area contributed by atoms with Crippen molar-refractivity contribution >= 4 is 6.09 Å². The number of halogens is 1. The van der Waals surface area contributed by atoms with Crippen molar-refractivity contribution < 1.29 is 13.9 Å². The second-order valence-corrected chi connectivity index (χ2v) is 4.41. The molecule has 3 rings (SSSR count). The first-order valence-electron chi connectivity index (χ1n) is 6.22. The van der Waals surface area contributed by atoms with Crippen molar-refractivity contribution in [2.45, 2.75) is 6.04 Å². The lowest BCUT2D eigenvalue weighted by atomic mass is 10.1. The highest BCUT2D eigenvalue weighted by Gasteiger charge is 2.23. The topological polar surface area (TPSA) is 64.1 Å². The van der Waals surface area contributed by atoms with Crippen LogP contribution in [0.15, 0.2) is 36.8 Å². The van der Waals surface area contributed by atoms with E-state index >= 15 is 0 Å². The van der Waals surface area contributed by atoms with Crippen LogP contribution < -0.4 is 5.32 Å². The minimum absolute atomic E-state index is 0.197. The minimum Gasteiger partial charge on any atom is -0.447 e. The number of hydrogen-bond donors (Lipinski definition) is 1. The van der Waals surface area contributed by atoms with E-state index in [0.717, 1.165) is 11.8 Å². The SMILES string of the molecule is O=C1N[C@H](c2ccnc(C#Cc3cncc(F)c3)c2)CO1. The van der Waals surface area contributed by atoms with Gasteiger partial charge in [-0.2, -0.15) is 0 Å². The molecule has 0 aliphatic carbocycles. The van der Waals surface area contributed by atoms with Gasteiger partial charge in [0.25, 0.3) is 0 Å². The molecule has 1 aliphatic rings. The molecule has 1 atom stereocenters. The number of hydrogen-bond acceptors (Lipinski definition) is 4. The molecular formula is C15H10FN3O2. The Balaban J connectivity index is 1.82. The Morgan fingerprint density at radius 1 is 1.33 bits per heavy atom. The van der Waals surface area contributed by atoms with E-state index in [0.29, 0.717) is 11.3 Å². The summed E-state index contributed by atoms with van der Waals surface area (Å²) in [7, 11) is 0. The van der Waals surface area contributed by atoms with E-state index < -0.39 is 11.9 Å². The van der Waals surface area contributed by atoms with Crippen LogP contribution in [0.4, 0.5) is 9.18 Å². The van der Waals surface area contributed by atoms with Crippen LogP contribution in [0.5, 0.6) is 0 Å². The number of cyclic esters (lactones) is 1. The Bertz CT molecular complexity index is 752. The fourth-order valence-electron chi connectivity index (χ4n) is 1.91. The van der Waals surface area contributed by atoms with Gasteiger partial charge in [-0.05, 0) is 29.7 Å². The highest BCUT2D eigenvalue weighted by atomic mass is 19.1. The Kier molecular flexibility index (Phi) is 3.48. The van der Waals surface area contributed by atoms with Gasteiger partial charge in [0.1, 0.15) is 18.1 Å². The lowest BCUT2D eigenvalue weighted by molar-refractivity contribution is 0.177. The number of alkyl carbamates (subject to hydrolysis) is 1. The predicted molar refractivity (Wildman–Crippen MR) is 71.6 cm³/mol. The number of pyridine rings is 2. The number of rotatable bonds is 1. The first kappa shape index (κ1) is 13.1. The quantitative estimate of drug-likeness (QED) is 0.810. The molecule has 3 heterocycles. The number of aromatic nitrogens is 2. The highest BCUT2D eigenvalue weighted by Crippen LogP contribution is 2.17. The largest absolute Gasteiger partial charge is 0.447 e. The van der Waals surface area contributed by atoms with E-state index in [1.54, 1.807) is 18.3 Å². The van der Waals surface area contributed by atoms with Gasteiger partial charge in [0.15, 0.2) is 0 Å². The Morgan fingerprint density at radius 3 is 3.00 bits per heavy atom. The number of carbonyl (C=O) groups excluding carboxylic acids is 1. The standard InChI is InChI=1S/C15H10FN3O2/c16-12-5-10(7-17-8-12)1-2-13-6-11(3-4-18-13)14-9-21-15(20)19-14/h3-8,14H,9H2,(H,19,20)/t14-/m0/s1. The normalized spacial score (nSPS) is 16.6. The molecule has 1 N–H and O–H groups in total. The van der Waals surface area contributed by atoms with Gasteiger partial charge in [0.05, 0.1) is 12.2 Å². The summed E-state index contributed by atoms with van der Waals surface area (Å²) in [4.78, 5) is 18.9. The predicted octanol–water partition coefficient (Wildman–Crippen LogP) is 1.80. The van der Waals surface area contributed by atoms with Gasteiger partial charge in [-0.15, -0.1) is 0 Å². The van der Waals surface area contributed by atoms with Crippen LogP contribution in [0.1, 0.15) is 22.9 Å². The summed E-state index contributed by atoms with van der Waals surface area (Å²) in [5, 5.41) is 2.68. The van der Waals surface area contributed by atoms with Gasteiger partial charge in [0, 0.05) is 18.0 Å². The summed E-state index contributed by atoms with van der Waals surface area (Å²) in [5.41, 5.74) is 1.86. The molecule has 5 nitrogen and oxygen atoms in total. The molecule has 1 amide bonds. The third kappa shape index (κ3) is 3.15. The van der Waals surface area contributed by atoms with Crippen molar-refractivity contribution in [2.24, 2.45) is 0 Å². The lowest BCUT2D eigenvalue weighted by Gasteiger charge is -2.06. The van der Waals surface area contributed by atoms with E-state index in [2.05, 4.69) is 27.1 Å². The summed E-state index contributed by atoms with van der Waals surface area (Å²) in [6, 6.07) is 4.65. The zero-order chi connectivity index (χ0) is 14.7. The molecule has 0 spiro atoms. The van der Waals surface area contributed by atoms with Gasteiger partial charge in [-0.25, -0.2) is 14.2 Å². The maximum absolute atomic E-state index is 13.0. The summed E-state index contributed by atoms with van der Waals surface area (Å²) in [6.45, 7) is 0.281. The fourth-order valence-corrected chi connectivity index (χ4v) is 1.91. The zero-order valence-electron chi connectivity index (χ0n) is 10.8. The first-order chi connectivity index (χ1) is 10.2. The van der Waals surface area contributed by atoms with Crippen molar-refractivity contribution in [1.82, 2.24) is 15.3 Å². The average molecular weight is 283 g/mol. The van der Waals surface area contributed by atoms with E-state index in [9.17, 15) is 9.18 Å². The highest BCUT2D eigenvalue weighted by molar-refractivity contribution is 5.70. The molecule has 6 heteroatoms. The average Bonchev–Trinajstić information content (AvgIpc) is 2.92. The summed E-state index contributed by atoms with van der Waals surface area (Å²) in [6.07, 6.45) is 3.76. The molecule has 104 valence electrons.